The maximum absolute atomic E-state index is 12.8. The Morgan fingerprint density at radius 1 is 1.06 bits per heavy atom. The Balaban J connectivity index is 1.31. The highest BCUT2D eigenvalue weighted by molar-refractivity contribution is 5.97. The van der Waals surface area contributed by atoms with Crippen LogP contribution in [-0.4, -0.2) is 38.1 Å². The minimum atomic E-state index is -0.541. The molecule has 3 heterocycles. The Kier molecular flexibility index (Phi) is 5.23. The van der Waals surface area contributed by atoms with Crippen LogP contribution in [0.2, 0.25) is 0 Å². The molecule has 1 aliphatic heterocycles. The second kappa shape index (κ2) is 8.23. The third-order valence-electron chi connectivity index (χ3n) is 7.82. The molecule has 1 N–H and O–H groups in total. The summed E-state index contributed by atoms with van der Waals surface area (Å²) >= 11 is 0. The average molecular weight is 482 g/mol. The van der Waals surface area contributed by atoms with Gasteiger partial charge in [0.2, 0.25) is 5.88 Å². The van der Waals surface area contributed by atoms with Crippen molar-refractivity contribution in [3.63, 3.8) is 0 Å². The van der Waals surface area contributed by atoms with E-state index in [2.05, 4.69) is 40.9 Å². The summed E-state index contributed by atoms with van der Waals surface area (Å²) in [6.07, 6.45) is 3.56. The van der Waals surface area contributed by atoms with Crippen molar-refractivity contribution in [1.82, 2.24) is 14.5 Å². The molecule has 6 rings (SSSR count). The Labute approximate surface area is 210 Å². The van der Waals surface area contributed by atoms with Gasteiger partial charge < -0.3 is 5.11 Å². The SMILES string of the molecule is CC1(C)CC2CC(C)(CN2Cn2c(O)c(N=NC(=O)c3ccc4ccccc4n3)c3ccccc32)C1. The van der Waals surface area contributed by atoms with Gasteiger partial charge in [-0.1, -0.05) is 63.2 Å². The first-order valence-corrected chi connectivity index (χ1v) is 12.6. The summed E-state index contributed by atoms with van der Waals surface area (Å²) in [4.78, 5) is 19.7. The van der Waals surface area contributed by atoms with E-state index in [-0.39, 0.29) is 11.6 Å². The quantitative estimate of drug-likeness (QED) is 0.330. The van der Waals surface area contributed by atoms with Gasteiger partial charge in [-0.2, -0.15) is 0 Å². The topological polar surface area (TPSA) is 83.1 Å². The summed E-state index contributed by atoms with van der Waals surface area (Å²) in [5, 5.41) is 21.2. The van der Waals surface area contributed by atoms with Crippen molar-refractivity contribution in [2.75, 3.05) is 6.54 Å². The number of carbonyl (C=O) groups is 1. The fraction of sp³-hybridized carbons (Fsp3) is 0.379. The van der Waals surface area contributed by atoms with Crippen molar-refractivity contribution in [2.45, 2.75) is 52.7 Å². The van der Waals surface area contributed by atoms with Gasteiger partial charge in [-0.25, -0.2) is 4.98 Å². The fourth-order valence-electron chi connectivity index (χ4n) is 6.77. The van der Waals surface area contributed by atoms with E-state index in [0.717, 1.165) is 34.8 Å². The second-order valence-electron chi connectivity index (χ2n) is 11.6. The van der Waals surface area contributed by atoms with Crippen LogP contribution < -0.4 is 0 Å². The van der Waals surface area contributed by atoms with Gasteiger partial charge in [-0.15, -0.1) is 10.2 Å². The lowest BCUT2D eigenvalue weighted by molar-refractivity contribution is 0.0990. The highest BCUT2D eigenvalue weighted by Gasteiger charge is 2.49. The van der Waals surface area contributed by atoms with Gasteiger partial charge in [0.25, 0.3) is 0 Å². The van der Waals surface area contributed by atoms with Gasteiger partial charge in [-0.3, -0.25) is 14.3 Å². The first-order valence-electron chi connectivity index (χ1n) is 12.6. The molecule has 2 bridgehead atoms. The van der Waals surface area contributed by atoms with E-state index in [0.29, 0.717) is 29.2 Å². The summed E-state index contributed by atoms with van der Waals surface area (Å²) in [6, 6.07) is 19.4. The molecule has 1 aliphatic carbocycles. The molecule has 7 heteroatoms. The molecule has 0 radical (unpaired) electrons. The molecule has 36 heavy (non-hydrogen) atoms. The van der Waals surface area contributed by atoms with Crippen LogP contribution in [-0.2, 0) is 6.67 Å². The molecule has 2 aromatic carbocycles. The number of hydrogen-bond donors (Lipinski definition) is 1. The highest BCUT2D eigenvalue weighted by Crippen LogP contribution is 2.53. The van der Waals surface area contributed by atoms with E-state index >= 15 is 0 Å². The number of amides is 1. The lowest BCUT2D eigenvalue weighted by Crippen LogP contribution is -2.35. The third kappa shape index (κ3) is 3.97. The Hall–Kier alpha value is -3.58. The molecule has 184 valence electrons. The summed E-state index contributed by atoms with van der Waals surface area (Å²) in [5.74, 6) is -0.509. The molecule has 2 aromatic heterocycles. The van der Waals surface area contributed by atoms with Gasteiger partial charge in [0, 0.05) is 23.4 Å². The van der Waals surface area contributed by atoms with E-state index in [1.807, 2.05) is 59.2 Å². The van der Waals surface area contributed by atoms with E-state index in [9.17, 15) is 9.90 Å². The fourth-order valence-corrected chi connectivity index (χ4v) is 6.77. The number of nitrogens with zero attached hydrogens (tertiary/aromatic N) is 5. The number of benzene rings is 2. The smallest absolute Gasteiger partial charge is 0.313 e. The lowest BCUT2D eigenvalue weighted by atomic mass is 9.65. The molecule has 7 nitrogen and oxygen atoms in total. The van der Waals surface area contributed by atoms with E-state index < -0.39 is 5.91 Å². The predicted molar refractivity (Wildman–Crippen MR) is 140 cm³/mol. The minimum Gasteiger partial charge on any atom is -0.493 e. The summed E-state index contributed by atoms with van der Waals surface area (Å²) in [5.41, 5.74) is 2.77. The van der Waals surface area contributed by atoms with E-state index in [1.165, 1.54) is 12.8 Å². The van der Waals surface area contributed by atoms with Crippen molar-refractivity contribution < 1.29 is 9.90 Å². The molecule has 0 spiro atoms. The molecule has 4 aromatic rings. The second-order valence-corrected chi connectivity index (χ2v) is 11.6. The monoisotopic (exact) mass is 481 g/mol. The number of fused-ring (bicyclic) bond motifs is 4. The molecule has 1 amide bonds. The number of para-hydroxylation sites is 2. The molecule has 2 unspecified atom stereocenters. The Morgan fingerprint density at radius 2 is 1.83 bits per heavy atom. The van der Waals surface area contributed by atoms with E-state index in [4.69, 9.17) is 0 Å². The standard InChI is InChI=1S/C29H31N5O2/c1-28(2)14-20-15-29(3,16-28)17-33(20)18-34-24-11-7-5-9-21(24)25(27(34)36)31-32-26(35)23-13-12-19-8-4-6-10-22(19)30-23/h4-13,20,36H,14-18H2,1-3H3. The van der Waals surface area contributed by atoms with Gasteiger partial charge in [-0.05, 0) is 48.3 Å². The van der Waals surface area contributed by atoms with Crippen LogP contribution in [0.1, 0.15) is 50.5 Å². The largest absolute Gasteiger partial charge is 0.493 e. The van der Waals surface area contributed by atoms with Crippen molar-refractivity contribution in [3.8, 4) is 5.88 Å². The molecule has 2 aliphatic rings. The maximum Gasteiger partial charge on any atom is 0.313 e. The predicted octanol–water partition coefficient (Wildman–Crippen LogP) is 6.68. The number of likely N-dealkylation sites (tertiary alicyclic amines) is 1. The third-order valence-corrected chi connectivity index (χ3v) is 7.82. The first-order chi connectivity index (χ1) is 17.2. The van der Waals surface area contributed by atoms with Crippen LogP contribution >= 0.6 is 0 Å². The Bertz CT molecular complexity index is 1520. The maximum atomic E-state index is 12.8. The van der Waals surface area contributed by atoms with Crippen LogP contribution in [0.4, 0.5) is 5.69 Å². The van der Waals surface area contributed by atoms with Crippen molar-refractivity contribution in [2.24, 2.45) is 21.1 Å². The highest BCUT2D eigenvalue weighted by atomic mass is 16.3. The zero-order chi connectivity index (χ0) is 25.1. The van der Waals surface area contributed by atoms with Crippen LogP contribution in [0.25, 0.3) is 21.8 Å². The van der Waals surface area contributed by atoms with Gasteiger partial charge in [0.1, 0.15) is 5.69 Å². The zero-order valence-electron chi connectivity index (χ0n) is 21.0. The normalized spacial score (nSPS) is 23.7. The van der Waals surface area contributed by atoms with Crippen LogP contribution in [0.15, 0.2) is 70.9 Å². The summed E-state index contributed by atoms with van der Waals surface area (Å²) in [6.45, 7) is 8.71. The molecule has 2 atom stereocenters. The number of carbonyl (C=O) groups excluding carboxylic acids is 1. The van der Waals surface area contributed by atoms with Crippen molar-refractivity contribution >= 4 is 33.4 Å². The number of rotatable bonds is 4. The number of pyridine rings is 1. The molecular formula is C29H31N5O2. The van der Waals surface area contributed by atoms with Crippen LogP contribution in [0.5, 0.6) is 5.88 Å². The zero-order valence-corrected chi connectivity index (χ0v) is 21.0. The van der Waals surface area contributed by atoms with Crippen LogP contribution in [0, 0.1) is 10.8 Å². The van der Waals surface area contributed by atoms with Gasteiger partial charge in [0.05, 0.1) is 17.7 Å². The molecule has 1 saturated heterocycles. The number of aromatic nitrogens is 2. The average Bonchev–Trinajstić information content (AvgIpc) is 3.25. The lowest BCUT2D eigenvalue weighted by Gasteiger charge is -2.40. The molecular weight excluding hydrogens is 450 g/mol. The summed E-state index contributed by atoms with van der Waals surface area (Å²) < 4.78 is 1.90. The van der Waals surface area contributed by atoms with Gasteiger partial charge in [0.15, 0.2) is 5.69 Å². The van der Waals surface area contributed by atoms with Gasteiger partial charge >= 0.3 is 5.91 Å². The molecule has 1 saturated carbocycles. The first kappa shape index (κ1) is 22.9. The van der Waals surface area contributed by atoms with Crippen LogP contribution in [0.3, 0.4) is 0 Å². The summed E-state index contributed by atoms with van der Waals surface area (Å²) in [7, 11) is 0. The number of aromatic hydroxyl groups is 1. The van der Waals surface area contributed by atoms with Crippen molar-refractivity contribution in [1.29, 1.82) is 0 Å². The van der Waals surface area contributed by atoms with Crippen molar-refractivity contribution in [3.05, 3.63) is 66.4 Å². The Morgan fingerprint density at radius 3 is 2.69 bits per heavy atom. The minimum absolute atomic E-state index is 0.0325. The number of azo groups is 1. The number of hydrogen-bond acceptors (Lipinski definition) is 5. The van der Waals surface area contributed by atoms with E-state index in [1.54, 1.807) is 6.07 Å². The molecule has 2 fully saturated rings.